The molecule has 100 valence electrons. The van der Waals surface area contributed by atoms with Crippen LogP contribution in [0.2, 0.25) is 5.02 Å². The highest BCUT2D eigenvalue weighted by Gasteiger charge is 2.15. The Bertz CT molecular complexity index is 576. The SMILES string of the molecule is CC(OCc1ccccc1Cl)c1ccc(C(=O)O)o1. The third-order valence-corrected chi connectivity index (χ3v) is 3.05. The number of hydrogen-bond donors (Lipinski definition) is 1. The van der Waals surface area contributed by atoms with Crippen molar-refractivity contribution in [2.45, 2.75) is 19.6 Å². The Morgan fingerprint density at radius 2 is 2.11 bits per heavy atom. The molecule has 1 atom stereocenters. The molecule has 0 aliphatic carbocycles. The number of carboxylic acids is 1. The molecule has 0 spiro atoms. The quantitative estimate of drug-likeness (QED) is 0.902. The van der Waals surface area contributed by atoms with E-state index in [-0.39, 0.29) is 11.9 Å². The largest absolute Gasteiger partial charge is 0.475 e. The van der Waals surface area contributed by atoms with E-state index >= 15 is 0 Å². The molecule has 0 radical (unpaired) electrons. The third-order valence-electron chi connectivity index (χ3n) is 2.68. The summed E-state index contributed by atoms with van der Waals surface area (Å²) >= 11 is 6.02. The van der Waals surface area contributed by atoms with Gasteiger partial charge in [0.1, 0.15) is 11.9 Å². The molecule has 4 nitrogen and oxygen atoms in total. The van der Waals surface area contributed by atoms with Crippen molar-refractivity contribution in [1.29, 1.82) is 0 Å². The first kappa shape index (κ1) is 13.6. The number of hydrogen-bond acceptors (Lipinski definition) is 3. The maximum absolute atomic E-state index is 10.7. The van der Waals surface area contributed by atoms with Crippen molar-refractivity contribution in [3.63, 3.8) is 0 Å². The zero-order valence-electron chi connectivity index (χ0n) is 10.3. The fourth-order valence-corrected chi connectivity index (χ4v) is 1.79. The monoisotopic (exact) mass is 280 g/mol. The lowest BCUT2D eigenvalue weighted by Crippen LogP contribution is -2.00. The van der Waals surface area contributed by atoms with E-state index in [4.69, 9.17) is 25.9 Å². The van der Waals surface area contributed by atoms with E-state index in [2.05, 4.69) is 0 Å². The summed E-state index contributed by atoms with van der Waals surface area (Å²) in [5.41, 5.74) is 0.876. The Kier molecular flexibility index (Phi) is 4.24. The van der Waals surface area contributed by atoms with Gasteiger partial charge in [-0.05, 0) is 30.7 Å². The second kappa shape index (κ2) is 5.91. The van der Waals surface area contributed by atoms with E-state index < -0.39 is 5.97 Å². The van der Waals surface area contributed by atoms with E-state index in [1.165, 1.54) is 6.07 Å². The van der Waals surface area contributed by atoms with Crippen LogP contribution in [-0.4, -0.2) is 11.1 Å². The molecule has 1 heterocycles. The van der Waals surface area contributed by atoms with Crippen molar-refractivity contribution in [1.82, 2.24) is 0 Å². The van der Waals surface area contributed by atoms with Gasteiger partial charge in [0.15, 0.2) is 0 Å². The van der Waals surface area contributed by atoms with Crippen LogP contribution in [0.15, 0.2) is 40.8 Å². The molecule has 2 rings (SSSR count). The van der Waals surface area contributed by atoms with Gasteiger partial charge in [-0.3, -0.25) is 0 Å². The van der Waals surface area contributed by atoms with E-state index in [1.807, 2.05) is 18.2 Å². The van der Waals surface area contributed by atoms with Crippen LogP contribution in [-0.2, 0) is 11.3 Å². The summed E-state index contributed by atoms with van der Waals surface area (Å²) in [6.45, 7) is 2.13. The Balaban J connectivity index is 1.99. The Morgan fingerprint density at radius 1 is 1.37 bits per heavy atom. The van der Waals surface area contributed by atoms with Gasteiger partial charge in [0, 0.05) is 5.02 Å². The number of furan rings is 1. The topological polar surface area (TPSA) is 59.7 Å². The number of rotatable bonds is 5. The zero-order valence-corrected chi connectivity index (χ0v) is 11.1. The molecule has 0 amide bonds. The molecule has 0 saturated heterocycles. The van der Waals surface area contributed by atoms with Crippen molar-refractivity contribution < 1.29 is 19.1 Å². The predicted molar refractivity (Wildman–Crippen MR) is 70.3 cm³/mol. The highest BCUT2D eigenvalue weighted by atomic mass is 35.5. The van der Waals surface area contributed by atoms with Crippen LogP contribution in [0.1, 0.15) is 34.9 Å². The minimum Gasteiger partial charge on any atom is -0.475 e. The maximum atomic E-state index is 10.7. The van der Waals surface area contributed by atoms with Gasteiger partial charge >= 0.3 is 5.97 Å². The van der Waals surface area contributed by atoms with E-state index in [0.29, 0.717) is 17.4 Å². The summed E-state index contributed by atoms with van der Waals surface area (Å²) in [5, 5.41) is 9.41. The van der Waals surface area contributed by atoms with Crippen LogP contribution >= 0.6 is 11.6 Å². The normalized spacial score (nSPS) is 12.3. The first-order chi connectivity index (χ1) is 9.08. The molecule has 5 heteroatoms. The minimum absolute atomic E-state index is 0.0943. The van der Waals surface area contributed by atoms with Crippen LogP contribution in [0.3, 0.4) is 0 Å². The summed E-state index contributed by atoms with van der Waals surface area (Å²) in [5.74, 6) is -0.711. The number of aromatic carboxylic acids is 1. The highest BCUT2D eigenvalue weighted by molar-refractivity contribution is 6.31. The lowest BCUT2D eigenvalue weighted by molar-refractivity contribution is 0.0361. The molecule has 0 aliphatic rings. The summed E-state index contributed by atoms with van der Waals surface area (Å²) in [7, 11) is 0. The van der Waals surface area contributed by atoms with E-state index in [0.717, 1.165) is 5.56 Å². The zero-order chi connectivity index (χ0) is 13.8. The first-order valence-corrected chi connectivity index (χ1v) is 6.13. The van der Waals surface area contributed by atoms with Gasteiger partial charge in [0.25, 0.3) is 0 Å². The van der Waals surface area contributed by atoms with Gasteiger partial charge in [-0.2, -0.15) is 0 Å². The molecule has 0 fully saturated rings. The third kappa shape index (κ3) is 3.36. The van der Waals surface area contributed by atoms with Crippen LogP contribution in [0.25, 0.3) is 0 Å². The number of halogens is 1. The van der Waals surface area contributed by atoms with E-state index in [1.54, 1.807) is 19.1 Å². The molecular weight excluding hydrogens is 268 g/mol. The van der Waals surface area contributed by atoms with Gasteiger partial charge in [0.05, 0.1) is 6.61 Å². The van der Waals surface area contributed by atoms with Crippen LogP contribution < -0.4 is 0 Å². The lowest BCUT2D eigenvalue weighted by atomic mass is 10.2. The summed E-state index contributed by atoms with van der Waals surface area (Å²) in [6.07, 6.45) is -0.343. The predicted octanol–water partition coefficient (Wildman–Crippen LogP) is 3.91. The van der Waals surface area contributed by atoms with Crippen molar-refractivity contribution >= 4 is 17.6 Å². The van der Waals surface area contributed by atoms with Crippen molar-refractivity contribution in [2.24, 2.45) is 0 Å². The highest BCUT2D eigenvalue weighted by Crippen LogP contribution is 2.23. The molecular formula is C14H13ClO4. The van der Waals surface area contributed by atoms with Crippen LogP contribution in [0.4, 0.5) is 0 Å². The number of ether oxygens (including phenoxy) is 1. The molecule has 2 aromatic rings. The molecule has 19 heavy (non-hydrogen) atoms. The smallest absolute Gasteiger partial charge is 0.371 e. The van der Waals surface area contributed by atoms with Gasteiger partial charge in [0.2, 0.25) is 5.76 Å². The van der Waals surface area contributed by atoms with Crippen LogP contribution in [0.5, 0.6) is 0 Å². The summed E-state index contributed by atoms with van der Waals surface area (Å²) in [4.78, 5) is 10.7. The maximum Gasteiger partial charge on any atom is 0.371 e. The van der Waals surface area contributed by atoms with Gasteiger partial charge in [-0.15, -0.1) is 0 Å². The lowest BCUT2D eigenvalue weighted by Gasteiger charge is -2.11. The molecule has 1 N–H and O–H groups in total. The molecule has 0 aliphatic heterocycles. The summed E-state index contributed by atoms with van der Waals surface area (Å²) in [6, 6.07) is 10.4. The van der Waals surface area contributed by atoms with Crippen molar-refractivity contribution in [3.8, 4) is 0 Å². The molecule has 1 aromatic carbocycles. The van der Waals surface area contributed by atoms with Crippen LogP contribution in [0, 0.1) is 0 Å². The average molecular weight is 281 g/mol. The Labute approximate surface area is 115 Å². The molecule has 1 unspecified atom stereocenters. The fraction of sp³-hybridized carbons (Fsp3) is 0.214. The van der Waals surface area contributed by atoms with Gasteiger partial charge in [-0.1, -0.05) is 29.8 Å². The summed E-state index contributed by atoms with van der Waals surface area (Å²) < 4.78 is 10.8. The number of carbonyl (C=O) groups is 1. The second-order valence-corrected chi connectivity index (χ2v) is 4.46. The molecule has 0 bridgehead atoms. The fourth-order valence-electron chi connectivity index (χ4n) is 1.60. The van der Waals surface area contributed by atoms with Crippen molar-refractivity contribution in [2.75, 3.05) is 0 Å². The van der Waals surface area contributed by atoms with Gasteiger partial charge < -0.3 is 14.3 Å². The minimum atomic E-state index is -1.09. The number of benzene rings is 1. The Hall–Kier alpha value is -1.78. The molecule has 0 saturated carbocycles. The van der Waals surface area contributed by atoms with E-state index in [9.17, 15) is 4.79 Å². The molecule has 1 aromatic heterocycles. The standard InChI is InChI=1S/C14H13ClO4/c1-9(12-6-7-13(19-12)14(16)17)18-8-10-4-2-3-5-11(10)15/h2-7,9H,8H2,1H3,(H,16,17). The second-order valence-electron chi connectivity index (χ2n) is 4.05. The Morgan fingerprint density at radius 3 is 2.74 bits per heavy atom. The number of carboxylic acid groups (broad SMARTS) is 1. The van der Waals surface area contributed by atoms with Crippen molar-refractivity contribution in [3.05, 3.63) is 58.5 Å². The average Bonchev–Trinajstić information content (AvgIpc) is 2.87. The van der Waals surface area contributed by atoms with Gasteiger partial charge in [-0.25, -0.2) is 4.79 Å². The first-order valence-electron chi connectivity index (χ1n) is 5.76.